The van der Waals surface area contributed by atoms with E-state index in [9.17, 15) is 4.79 Å². The van der Waals surface area contributed by atoms with Crippen molar-refractivity contribution in [3.63, 3.8) is 0 Å². The van der Waals surface area contributed by atoms with Crippen LogP contribution in [-0.2, 0) is 12.8 Å². The Balaban J connectivity index is 2.00. The normalized spacial score (nSPS) is 17.1. The lowest BCUT2D eigenvalue weighted by atomic mass is 10.1. The highest BCUT2D eigenvalue weighted by molar-refractivity contribution is 6.35. The maximum Gasteiger partial charge on any atom is 0.282 e. The molecule has 6 heteroatoms. The molecule has 1 aliphatic rings. The second kappa shape index (κ2) is 8.17. The lowest BCUT2D eigenvalue weighted by Crippen LogP contribution is -2.49. The Hall–Kier alpha value is -2.37. The number of hydrogen-bond donors (Lipinski definition) is 1. The molecule has 0 amide bonds. The summed E-state index contributed by atoms with van der Waals surface area (Å²) in [5, 5.41) is 4.38. The number of hydrogen-bond acceptors (Lipinski definition) is 4. The van der Waals surface area contributed by atoms with E-state index in [2.05, 4.69) is 51.8 Å². The van der Waals surface area contributed by atoms with Crippen LogP contribution in [0.25, 0.3) is 16.6 Å². The van der Waals surface area contributed by atoms with E-state index in [1.807, 2.05) is 19.1 Å². The van der Waals surface area contributed by atoms with Crippen LogP contribution in [0, 0.1) is 0 Å². The number of benzene rings is 2. The van der Waals surface area contributed by atoms with E-state index in [0.717, 1.165) is 43.1 Å². The van der Waals surface area contributed by atoms with Crippen molar-refractivity contribution in [2.45, 2.75) is 39.7 Å². The van der Waals surface area contributed by atoms with Crippen LogP contribution in [0.3, 0.4) is 0 Å². The first kappa shape index (κ1) is 19.9. The summed E-state index contributed by atoms with van der Waals surface area (Å²) in [6.07, 6.45) is 1.55. The highest BCUT2D eigenvalue weighted by Gasteiger charge is 2.21. The molecule has 0 spiro atoms. The molecule has 2 aromatic carbocycles. The Morgan fingerprint density at radius 2 is 2.03 bits per heavy atom. The summed E-state index contributed by atoms with van der Waals surface area (Å²) in [6, 6.07) is 12.7. The lowest BCUT2D eigenvalue weighted by Gasteiger charge is -2.36. The van der Waals surface area contributed by atoms with Gasteiger partial charge in [-0.25, -0.2) is 0 Å². The summed E-state index contributed by atoms with van der Waals surface area (Å²) in [5.74, 6) is 0.755. The molecular formula is C23H27ClN4O. The average Bonchev–Trinajstić information content (AvgIpc) is 2.73. The summed E-state index contributed by atoms with van der Waals surface area (Å²) >= 11 is 6.39. The number of nitrogens with zero attached hydrogens (tertiary/aromatic N) is 3. The van der Waals surface area contributed by atoms with Crippen molar-refractivity contribution in [2.24, 2.45) is 0 Å². The van der Waals surface area contributed by atoms with Crippen LogP contribution in [0.4, 0.5) is 5.69 Å². The van der Waals surface area contributed by atoms with Crippen LogP contribution in [-0.4, -0.2) is 35.2 Å². The Morgan fingerprint density at radius 1 is 1.21 bits per heavy atom. The molecule has 4 rings (SSSR count). The SMILES string of the molecule is CCc1ccc(N2CCNC[C@H]2C)cc1-n1c(CC)nc(=O)c2c(Cl)cccc21. The topological polar surface area (TPSA) is 50.2 Å². The lowest BCUT2D eigenvalue weighted by molar-refractivity contribution is 0.501. The summed E-state index contributed by atoms with van der Waals surface area (Å²) in [4.78, 5) is 19.5. The molecule has 152 valence electrons. The minimum absolute atomic E-state index is 0.261. The van der Waals surface area contributed by atoms with E-state index in [1.54, 1.807) is 6.07 Å². The van der Waals surface area contributed by atoms with Crippen LogP contribution >= 0.6 is 11.6 Å². The fourth-order valence-corrected chi connectivity index (χ4v) is 4.49. The van der Waals surface area contributed by atoms with Gasteiger partial charge in [-0.05, 0) is 43.2 Å². The van der Waals surface area contributed by atoms with Crippen molar-refractivity contribution < 1.29 is 0 Å². The smallest absolute Gasteiger partial charge is 0.282 e. The van der Waals surface area contributed by atoms with Crippen molar-refractivity contribution >= 4 is 28.2 Å². The van der Waals surface area contributed by atoms with Gasteiger partial charge in [0, 0.05) is 37.8 Å². The Bertz CT molecular complexity index is 1110. The fraction of sp³-hybridized carbons (Fsp3) is 0.391. The zero-order chi connectivity index (χ0) is 20.5. The number of nitrogens with one attached hydrogen (secondary N) is 1. The molecule has 0 aliphatic carbocycles. The van der Waals surface area contributed by atoms with Crippen molar-refractivity contribution in [3.8, 4) is 5.69 Å². The summed E-state index contributed by atoms with van der Waals surface area (Å²) < 4.78 is 2.12. The Labute approximate surface area is 176 Å². The monoisotopic (exact) mass is 410 g/mol. The summed E-state index contributed by atoms with van der Waals surface area (Å²) in [6.45, 7) is 9.36. The molecule has 2 heterocycles. The maximum absolute atomic E-state index is 12.7. The molecule has 5 nitrogen and oxygen atoms in total. The molecule has 0 radical (unpaired) electrons. The van der Waals surface area contributed by atoms with Gasteiger partial charge in [0.05, 0.1) is 21.6 Å². The van der Waals surface area contributed by atoms with Gasteiger partial charge in [-0.15, -0.1) is 0 Å². The van der Waals surface area contributed by atoms with Crippen LogP contribution in [0.2, 0.25) is 5.02 Å². The van der Waals surface area contributed by atoms with Crippen LogP contribution in [0.5, 0.6) is 0 Å². The second-order valence-corrected chi connectivity index (χ2v) is 7.98. The van der Waals surface area contributed by atoms with Gasteiger partial charge in [0.1, 0.15) is 5.82 Å². The number of aryl methyl sites for hydroxylation is 2. The zero-order valence-corrected chi connectivity index (χ0v) is 18.0. The summed E-state index contributed by atoms with van der Waals surface area (Å²) in [5.41, 5.74) is 4.05. The highest BCUT2D eigenvalue weighted by Crippen LogP contribution is 2.30. The van der Waals surface area contributed by atoms with E-state index >= 15 is 0 Å². The molecule has 1 N–H and O–H groups in total. The molecule has 0 bridgehead atoms. The van der Waals surface area contributed by atoms with E-state index in [0.29, 0.717) is 22.9 Å². The third kappa shape index (κ3) is 3.53. The molecule has 1 aliphatic heterocycles. The molecule has 0 saturated carbocycles. The van der Waals surface area contributed by atoms with Crippen molar-refractivity contribution in [1.29, 1.82) is 0 Å². The number of piperazine rings is 1. The van der Waals surface area contributed by atoms with Crippen molar-refractivity contribution in [3.05, 3.63) is 63.2 Å². The van der Waals surface area contributed by atoms with Gasteiger partial charge in [-0.1, -0.05) is 37.6 Å². The largest absolute Gasteiger partial charge is 0.366 e. The highest BCUT2D eigenvalue weighted by atomic mass is 35.5. The van der Waals surface area contributed by atoms with Crippen molar-refractivity contribution in [2.75, 3.05) is 24.5 Å². The van der Waals surface area contributed by atoms with Gasteiger partial charge < -0.3 is 10.2 Å². The molecule has 1 fully saturated rings. The first-order valence-corrected chi connectivity index (χ1v) is 10.7. The van der Waals surface area contributed by atoms with Gasteiger partial charge in [0.15, 0.2) is 0 Å². The van der Waals surface area contributed by atoms with Gasteiger partial charge in [-0.2, -0.15) is 4.98 Å². The van der Waals surface area contributed by atoms with Crippen LogP contribution in [0.1, 0.15) is 32.2 Å². The standard InChI is InChI=1S/C23H27ClN4O/c1-4-16-9-10-17(27-12-11-25-14-15(27)3)13-20(16)28-19-8-6-7-18(24)22(19)23(29)26-21(28)5-2/h6-10,13,15,25H,4-5,11-12,14H2,1-3H3/t15-/m1/s1. The van der Waals surface area contributed by atoms with Gasteiger partial charge >= 0.3 is 0 Å². The zero-order valence-electron chi connectivity index (χ0n) is 17.2. The first-order chi connectivity index (χ1) is 14.0. The maximum atomic E-state index is 12.7. The van der Waals surface area contributed by atoms with E-state index < -0.39 is 0 Å². The number of aromatic nitrogens is 2. The minimum Gasteiger partial charge on any atom is -0.366 e. The molecule has 3 aromatic rings. The summed E-state index contributed by atoms with van der Waals surface area (Å²) in [7, 11) is 0. The van der Waals surface area contributed by atoms with Gasteiger partial charge in [0.25, 0.3) is 5.56 Å². The predicted molar refractivity (Wildman–Crippen MR) is 121 cm³/mol. The third-order valence-corrected chi connectivity index (χ3v) is 6.09. The van der Waals surface area contributed by atoms with Crippen molar-refractivity contribution in [1.82, 2.24) is 14.9 Å². The minimum atomic E-state index is -0.261. The molecular weight excluding hydrogens is 384 g/mol. The van der Waals surface area contributed by atoms with E-state index in [1.165, 1.54) is 11.3 Å². The average molecular weight is 411 g/mol. The predicted octanol–water partition coefficient (Wildman–Crippen LogP) is 3.96. The quantitative estimate of drug-likeness (QED) is 0.707. The van der Waals surface area contributed by atoms with E-state index in [4.69, 9.17) is 11.6 Å². The van der Waals surface area contributed by atoms with Gasteiger partial charge in [0.2, 0.25) is 0 Å². The number of rotatable bonds is 4. The van der Waals surface area contributed by atoms with Gasteiger partial charge in [-0.3, -0.25) is 9.36 Å². The molecule has 0 unspecified atom stereocenters. The number of anilines is 1. The van der Waals surface area contributed by atoms with Crippen LogP contribution < -0.4 is 15.8 Å². The fourth-order valence-electron chi connectivity index (χ4n) is 4.24. The first-order valence-electron chi connectivity index (χ1n) is 10.4. The second-order valence-electron chi connectivity index (χ2n) is 7.57. The molecule has 1 saturated heterocycles. The third-order valence-electron chi connectivity index (χ3n) is 5.77. The van der Waals surface area contributed by atoms with Crippen LogP contribution in [0.15, 0.2) is 41.2 Å². The van der Waals surface area contributed by atoms with E-state index in [-0.39, 0.29) is 5.56 Å². The molecule has 1 atom stereocenters. The Kier molecular flexibility index (Phi) is 5.61. The number of fused-ring (bicyclic) bond motifs is 1. The Morgan fingerprint density at radius 3 is 2.76 bits per heavy atom. The number of halogens is 1. The molecule has 1 aromatic heterocycles. The molecule has 29 heavy (non-hydrogen) atoms.